The van der Waals surface area contributed by atoms with Crippen molar-refractivity contribution in [3.63, 3.8) is 0 Å². The zero-order valence-corrected chi connectivity index (χ0v) is 12.4. The van der Waals surface area contributed by atoms with E-state index >= 15 is 0 Å². The summed E-state index contributed by atoms with van der Waals surface area (Å²) < 4.78 is 5.69. The van der Waals surface area contributed by atoms with Crippen LogP contribution < -0.4 is 5.73 Å². The highest BCUT2D eigenvalue weighted by molar-refractivity contribution is 6.33. The second-order valence-electron chi connectivity index (χ2n) is 4.33. The van der Waals surface area contributed by atoms with Gasteiger partial charge in [-0.1, -0.05) is 11.6 Å². The number of nitro benzene ring substituents is 1. The largest absolute Gasteiger partial charge is 0.505 e. The first kappa shape index (κ1) is 16.1. The summed E-state index contributed by atoms with van der Waals surface area (Å²) in [4.78, 5) is 21.9. The number of rotatable bonds is 3. The predicted molar refractivity (Wildman–Crippen MR) is 79.6 cm³/mol. The van der Waals surface area contributed by atoms with Gasteiger partial charge in [0.15, 0.2) is 5.69 Å². The summed E-state index contributed by atoms with van der Waals surface area (Å²) in [6.07, 6.45) is 1.19. The maximum atomic E-state index is 11.9. The number of aromatic hydroxyl groups is 1. The minimum Gasteiger partial charge on any atom is -0.505 e. The van der Waals surface area contributed by atoms with Crippen LogP contribution in [0.3, 0.4) is 0 Å². The van der Waals surface area contributed by atoms with Crippen molar-refractivity contribution in [3.05, 3.63) is 44.7 Å². The standard InChI is InChI=1S/C13H9ClN4O5/c1-23-13(20)12-11(16)6(4-15)5-17(12)9-2-7(14)8(18(21)22)3-10(9)19/h2-3,5,19H,16H2,1H3. The monoisotopic (exact) mass is 336 g/mol. The Hall–Kier alpha value is -3.25. The second-order valence-corrected chi connectivity index (χ2v) is 4.74. The third kappa shape index (κ3) is 2.63. The number of nitrogens with two attached hydrogens (primary N) is 1. The van der Waals surface area contributed by atoms with Crippen molar-refractivity contribution in [1.82, 2.24) is 4.57 Å². The average Bonchev–Trinajstić information content (AvgIpc) is 2.84. The Labute approximate surface area is 134 Å². The fourth-order valence-corrected chi connectivity index (χ4v) is 2.20. The number of hydrogen-bond acceptors (Lipinski definition) is 7. The lowest BCUT2D eigenvalue weighted by atomic mass is 10.2. The highest BCUT2D eigenvalue weighted by atomic mass is 35.5. The SMILES string of the molecule is COC(=O)c1c(N)c(C#N)cn1-c1cc(Cl)c([N+](=O)[O-])cc1O. The van der Waals surface area contributed by atoms with Crippen LogP contribution in [0.2, 0.25) is 5.02 Å². The molecule has 0 aliphatic carbocycles. The number of nitrogens with zero attached hydrogens (tertiary/aromatic N) is 3. The van der Waals surface area contributed by atoms with Gasteiger partial charge in [-0.25, -0.2) is 4.79 Å². The van der Waals surface area contributed by atoms with E-state index in [0.717, 1.165) is 23.8 Å². The number of nitro groups is 1. The number of esters is 1. The van der Waals surface area contributed by atoms with Crippen LogP contribution in [0.1, 0.15) is 16.1 Å². The number of phenols is 1. The Morgan fingerprint density at radius 1 is 1.57 bits per heavy atom. The van der Waals surface area contributed by atoms with Gasteiger partial charge in [0.25, 0.3) is 5.69 Å². The highest BCUT2D eigenvalue weighted by Crippen LogP contribution is 2.36. The number of benzene rings is 1. The molecular formula is C13H9ClN4O5. The molecule has 10 heteroatoms. The van der Waals surface area contributed by atoms with Gasteiger partial charge in [0.2, 0.25) is 0 Å². The summed E-state index contributed by atoms with van der Waals surface area (Å²) in [5.41, 5.74) is 4.78. The number of ether oxygens (including phenoxy) is 1. The Balaban J connectivity index is 2.77. The summed E-state index contributed by atoms with van der Waals surface area (Å²) in [6.45, 7) is 0. The molecule has 0 saturated carbocycles. The van der Waals surface area contributed by atoms with Gasteiger partial charge in [-0.15, -0.1) is 0 Å². The molecule has 118 valence electrons. The quantitative estimate of drug-likeness (QED) is 0.495. The third-order valence-corrected chi connectivity index (χ3v) is 3.35. The number of anilines is 1. The zero-order valence-electron chi connectivity index (χ0n) is 11.6. The molecule has 0 aliphatic rings. The fraction of sp³-hybridized carbons (Fsp3) is 0.0769. The minimum atomic E-state index is -0.849. The molecule has 0 atom stereocenters. The molecule has 0 unspecified atom stereocenters. The molecular weight excluding hydrogens is 328 g/mol. The van der Waals surface area contributed by atoms with Gasteiger partial charge in [-0.2, -0.15) is 5.26 Å². The zero-order chi connectivity index (χ0) is 17.3. The van der Waals surface area contributed by atoms with E-state index in [4.69, 9.17) is 22.6 Å². The van der Waals surface area contributed by atoms with Crippen LogP contribution in [0.4, 0.5) is 11.4 Å². The van der Waals surface area contributed by atoms with Crippen molar-refractivity contribution in [2.75, 3.05) is 12.8 Å². The van der Waals surface area contributed by atoms with E-state index in [-0.39, 0.29) is 27.7 Å². The van der Waals surface area contributed by atoms with Crippen LogP contribution in [0.15, 0.2) is 18.3 Å². The van der Waals surface area contributed by atoms with Gasteiger partial charge in [-0.3, -0.25) is 10.1 Å². The molecule has 3 N–H and O–H groups in total. The molecule has 0 fully saturated rings. The maximum absolute atomic E-state index is 11.9. The number of hydrogen-bond donors (Lipinski definition) is 2. The van der Waals surface area contributed by atoms with Gasteiger partial charge >= 0.3 is 5.97 Å². The molecule has 9 nitrogen and oxygen atoms in total. The van der Waals surface area contributed by atoms with E-state index < -0.39 is 22.3 Å². The summed E-state index contributed by atoms with van der Waals surface area (Å²) in [7, 11) is 1.12. The highest BCUT2D eigenvalue weighted by Gasteiger charge is 2.25. The lowest BCUT2D eigenvalue weighted by Crippen LogP contribution is -2.11. The number of phenolic OH excluding ortho intramolecular Hbond substituents is 1. The number of nitrogen functional groups attached to an aromatic ring is 1. The van der Waals surface area contributed by atoms with Crippen LogP contribution >= 0.6 is 11.6 Å². The Kier molecular flexibility index (Phi) is 4.11. The van der Waals surface area contributed by atoms with E-state index in [2.05, 4.69) is 4.74 Å². The molecule has 1 aromatic heterocycles. The maximum Gasteiger partial charge on any atom is 0.357 e. The van der Waals surface area contributed by atoms with Crippen molar-refractivity contribution in [1.29, 1.82) is 5.26 Å². The van der Waals surface area contributed by atoms with Crippen molar-refractivity contribution >= 4 is 28.9 Å². The molecule has 0 saturated heterocycles. The second kappa shape index (κ2) is 5.86. The third-order valence-electron chi connectivity index (χ3n) is 3.04. The summed E-state index contributed by atoms with van der Waals surface area (Å²) in [5.74, 6) is -1.37. The van der Waals surface area contributed by atoms with Crippen molar-refractivity contribution in [3.8, 4) is 17.5 Å². The number of carbonyl (C=O) groups is 1. The Morgan fingerprint density at radius 3 is 2.74 bits per heavy atom. The van der Waals surface area contributed by atoms with E-state index in [1.807, 2.05) is 0 Å². The minimum absolute atomic E-state index is 0.0284. The molecule has 2 rings (SSSR count). The van der Waals surface area contributed by atoms with Crippen LogP contribution in [0.5, 0.6) is 5.75 Å². The van der Waals surface area contributed by atoms with Crippen LogP contribution in [-0.4, -0.2) is 27.7 Å². The Morgan fingerprint density at radius 2 is 2.22 bits per heavy atom. The number of aromatic nitrogens is 1. The summed E-state index contributed by atoms with van der Waals surface area (Å²) >= 11 is 5.81. The molecule has 0 aliphatic heterocycles. The van der Waals surface area contributed by atoms with Gasteiger partial charge in [0.1, 0.15) is 16.8 Å². The summed E-state index contributed by atoms with van der Waals surface area (Å²) in [6, 6.07) is 3.71. The molecule has 0 spiro atoms. The summed E-state index contributed by atoms with van der Waals surface area (Å²) in [5, 5.41) is 29.6. The van der Waals surface area contributed by atoms with E-state index in [1.54, 1.807) is 6.07 Å². The molecule has 1 aromatic carbocycles. The molecule has 2 aromatic rings. The smallest absolute Gasteiger partial charge is 0.357 e. The fourth-order valence-electron chi connectivity index (χ4n) is 1.98. The normalized spacial score (nSPS) is 10.1. The average molecular weight is 337 g/mol. The lowest BCUT2D eigenvalue weighted by Gasteiger charge is -2.10. The van der Waals surface area contributed by atoms with Gasteiger partial charge in [0.05, 0.1) is 35.0 Å². The topological polar surface area (TPSA) is 144 Å². The van der Waals surface area contributed by atoms with Gasteiger partial charge in [-0.05, 0) is 6.07 Å². The van der Waals surface area contributed by atoms with Crippen molar-refractivity contribution in [2.45, 2.75) is 0 Å². The molecule has 1 heterocycles. The molecule has 0 bridgehead atoms. The Bertz CT molecular complexity index is 868. The molecule has 0 radical (unpaired) electrons. The van der Waals surface area contributed by atoms with Crippen molar-refractivity contribution in [2.24, 2.45) is 0 Å². The lowest BCUT2D eigenvalue weighted by molar-refractivity contribution is -0.384. The van der Waals surface area contributed by atoms with Crippen LogP contribution in [-0.2, 0) is 4.74 Å². The van der Waals surface area contributed by atoms with E-state index in [0.29, 0.717) is 0 Å². The molecule has 0 amide bonds. The first-order valence-corrected chi connectivity index (χ1v) is 6.36. The predicted octanol–water partition coefficient (Wildman–Crippen LogP) is 1.98. The van der Waals surface area contributed by atoms with Crippen LogP contribution in [0.25, 0.3) is 5.69 Å². The van der Waals surface area contributed by atoms with Gasteiger partial charge < -0.3 is 20.1 Å². The number of nitriles is 1. The first-order valence-electron chi connectivity index (χ1n) is 5.98. The van der Waals surface area contributed by atoms with E-state index in [1.165, 1.54) is 6.20 Å². The molecule has 23 heavy (non-hydrogen) atoms. The number of methoxy groups -OCH3 is 1. The first-order chi connectivity index (χ1) is 10.8. The van der Waals surface area contributed by atoms with Crippen molar-refractivity contribution < 1.29 is 19.6 Å². The van der Waals surface area contributed by atoms with E-state index in [9.17, 15) is 20.0 Å². The number of halogens is 1. The van der Waals surface area contributed by atoms with Crippen LogP contribution in [0, 0.1) is 21.4 Å². The van der Waals surface area contributed by atoms with Gasteiger partial charge in [0, 0.05) is 6.20 Å². The number of carbonyl (C=O) groups excluding carboxylic acids is 1.